The molecule has 3 unspecified atom stereocenters. The van der Waals surface area contributed by atoms with Gasteiger partial charge in [-0.2, -0.15) is 0 Å². The maximum atomic E-state index is 14.0. The van der Waals surface area contributed by atoms with E-state index in [1.54, 1.807) is 6.92 Å². The Morgan fingerprint density at radius 1 is 0.811 bits per heavy atom. The summed E-state index contributed by atoms with van der Waals surface area (Å²) in [6.07, 6.45) is 1.70. The van der Waals surface area contributed by atoms with Crippen molar-refractivity contribution in [1.82, 2.24) is 48.5 Å². The second kappa shape index (κ2) is 14.3. The number of nitrogens with one attached hydrogen (secondary N) is 2. The summed E-state index contributed by atoms with van der Waals surface area (Å²) < 4.78 is 15.2. The highest BCUT2D eigenvalue weighted by molar-refractivity contribution is 5.87. The highest BCUT2D eigenvalue weighted by Crippen LogP contribution is 2.34. The number of hydrogen-bond donors (Lipinski definition) is 2. The Labute approximate surface area is 300 Å². The van der Waals surface area contributed by atoms with Gasteiger partial charge in [0.1, 0.15) is 17.8 Å². The van der Waals surface area contributed by atoms with Crippen LogP contribution >= 0.6 is 0 Å². The summed E-state index contributed by atoms with van der Waals surface area (Å²) in [6.45, 7) is 3.69. The van der Waals surface area contributed by atoms with Crippen LogP contribution in [0, 0.1) is 0 Å². The first-order valence-corrected chi connectivity index (χ1v) is 16.8. The lowest BCUT2D eigenvalue weighted by atomic mass is 9.91. The second-order valence-electron chi connectivity index (χ2n) is 12.6. The number of aromatic nitrogens is 9. The number of methoxy groups -OCH3 is 1. The van der Waals surface area contributed by atoms with Gasteiger partial charge in [-0.15, -0.1) is 0 Å². The number of alkyl carbamates (subject to hydrolysis) is 1. The lowest BCUT2D eigenvalue weighted by Crippen LogP contribution is -2.44. The van der Waals surface area contributed by atoms with E-state index in [1.165, 1.54) is 56.8 Å². The van der Waals surface area contributed by atoms with Gasteiger partial charge in [0.15, 0.2) is 22.3 Å². The van der Waals surface area contributed by atoms with Crippen LogP contribution in [0.3, 0.4) is 0 Å². The van der Waals surface area contributed by atoms with E-state index in [0.717, 1.165) is 20.0 Å². The third-order valence-corrected chi connectivity index (χ3v) is 9.43. The van der Waals surface area contributed by atoms with Gasteiger partial charge in [0.2, 0.25) is 0 Å². The maximum Gasteiger partial charge on any atom is 0.407 e. The summed E-state index contributed by atoms with van der Waals surface area (Å²) in [5, 5.41) is 3.37. The lowest BCUT2D eigenvalue weighted by molar-refractivity contribution is -0.152. The molecule has 5 heterocycles. The number of aromatic amines is 1. The summed E-state index contributed by atoms with van der Waals surface area (Å²) in [7, 11) is 6.86. The Morgan fingerprint density at radius 3 is 1.94 bits per heavy atom. The van der Waals surface area contributed by atoms with E-state index in [-0.39, 0.29) is 40.9 Å². The minimum Gasteiger partial charge on any atom is -0.454 e. The number of aryl methyl sites for hydroxylation is 2. The molecule has 276 valence electrons. The molecule has 0 aliphatic carbocycles. The number of fused-ring (bicyclic) bond motifs is 3. The van der Waals surface area contributed by atoms with Gasteiger partial charge >= 0.3 is 23.4 Å². The monoisotopic (exact) mass is 726 g/mol. The largest absolute Gasteiger partial charge is 0.454 e. The number of carbonyl (C=O) groups is 2. The number of benzene rings is 1. The Bertz CT molecular complexity index is 2670. The zero-order valence-corrected chi connectivity index (χ0v) is 30.2. The highest BCUT2D eigenvalue weighted by atomic mass is 16.6. The summed E-state index contributed by atoms with van der Waals surface area (Å²) in [4.78, 5) is 98.9. The van der Waals surface area contributed by atoms with Crippen LogP contribution in [0.1, 0.15) is 61.4 Å². The topological polar surface area (TPSA) is 220 Å². The maximum absolute atomic E-state index is 14.0. The number of hydrogen-bond acceptors (Lipinski definition) is 12. The fraction of sp³-hybridized carbons (Fsp3) is 0.371. The lowest BCUT2D eigenvalue weighted by Gasteiger charge is -2.23. The van der Waals surface area contributed by atoms with Crippen molar-refractivity contribution >= 4 is 45.3 Å². The second-order valence-corrected chi connectivity index (χ2v) is 12.6. The predicted molar refractivity (Wildman–Crippen MR) is 193 cm³/mol. The van der Waals surface area contributed by atoms with Crippen LogP contribution in [0.5, 0.6) is 0 Å². The molecule has 0 saturated carbocycles. The summed E-state index contributed by atoms with van der Waals surface area (Å²) in [5.74, 6) is -1.27. The standard InChI is InChI=1S/C35H38N10O8/c1-8-17(22-15-36-28-26(39-22)30(46)44(5)34(50)42(28)3)25-19(18-12-10-11-13-20(18)38-25)14-21(41-33(49)52-7)32(48)53-24(9-2)23-16-37-29-27(40-23)31(47)45(6)35(51)43(29)4/h10-13,15-17,21,24,38H,8-9,14H2,1-7H3,(H,41,49). The van der Waals surface area contributed by atoms with Crippen molar-refractivity contribution in [2.75, 3.05) is 7.11 Å². The summed E-state index contributed by atoms with van der Waals surface area (Å²) in [5.41, 5.74) is 0.569. The normalized spacial score (nSPS) is 13.3. The van der Waals surface area contributed by atoms with E-state index in [2.05, 4.69) is 30.2 Å². The SMILES string of the molecule is CCC(OC(=O)C(Cc1c(C(CC)c2cnc3c(n2)c(=O)n(C)c(=O)n3C)[nH]c2ccccc12)NC(=O)OC)c1cnc2c(n1)c(=O)n(C)c(=O)n2C. The van der Waals surface area contributed by atoms with Crippen molar-refractivity contribution in [2.45, 2.75) is 51.2 Å². The first-order chi connectivity index (χ1) is 25.3. The fourth-order valence-corrected chi connectivity index (χ4v) is 6.49. The van der Waals surface area contributed by atoms with Crippen molar-refractivity contribution in [3.63, 3.8) is 0 Å². The molecule has 18 nitrogen and oxygen atoms in total. The van der Waals surface area contributed by atoms with Crippen LogP contribution < -0.4 is 27.8 Å². The van der Waals surface area contributed by atoms with Gasteiger partial charge in [0, 0.05) is 57.1 Å². The summed E-state index contributed by atoms with van der Waals surface area (Å²) in [6, 6.07) is 6.19. The van der Waals surface area contributed by atoms with Crippen molar-refractivity contribution in [1.29, 1.82) is 0 Å². The number of ether oxygens (including phenoxy) is 2. The molecule has 6 rings (SSSR count). The van der Waals surface area contributed by atoms with Gasteiger partial charge in [-0.05, 0) is 24.5 Å². The molecule has 18 heteroatoms. The molecule has 1 aromatic carbocycles. The van der Waals surface area contributed by atoms with Crippen molar-refractivity contribution < 1.29 is 19.1 Å². The van der Waals surface area contributed by atoms with Crippen LogP contribution in [-0.4, -0.2) is 68.4 Å². The molecule has 53 heavy (non-hydrogen) atoms. The Balaban J connectivity index is 1.40. The van der Waals surface area contributed by atoms with Crippen LogP contribution in [0.4, 0.5) is 4.79 Å². The van der Waals surface area contributed by atoms with Gasteiger partial charge in [0.25, 0.3) is 11.1 Å². The van der Waals surface area contributed by atoms with Crippen LogP contribution in [0.15, 0.2) is 55.8 Å². The molecule has 0 aliphatic rings. The Hall–Kier alpha value is -6.46. The van der Waals surface area contributed by atoms with E-state index in [4.69, 9.17) is 9.47 Å². The molecule has 0 radical (unpaired) electrons. The average molecular weight is 727 g/mol. The average Bonchev–Trinajstić information content (AvgIpc) is 3.53. The molecule has 1 amide bonds. The van der Waals surface area contributed by atoms with Gasteiger partial charge < -0.3 is 19.8 Å². The summed E-state index contributed by atoms with van der Waals surface area (Å²) >= 11 is 0. The van der Waals surface area contributed by atoms with Crippen molar-refractivity contribution in [2.24, 2.45) is 28.2 Å². The third-order valence-electron chi connectivity index (χ3n) is 9.43. The quantitative estimate of drug-likeness (QED) is 0.191. The predicted octanol–water partition coefficient (Wildman–Crippen LogP) is 1.35. The first-order valence-electron chi connectivity index (χ1n) is 16.8. The molecule has 0 aliphatic heterocycles. The van der Waals surface area contributed by atoms with Crippen molar-refractivity contribution in [3.8, 4) is 0 Å². The number of rotatable bonds is 10. The minimum atomic E-state index is -1.27. The van der Waals surface area contributed by atoms with Gasteiger partial charge in [-0.25, -0.2) is 39.1 Å². The Kier molecular flexibility index (Phi) is 9.79. The third kappa shape index (κ3) is 6.36. The number of nitrogens with zero attached hydrogens (tertiary/aromatic N) is 8. The number of esters is 1. The first kappa shape index (κ1) is 36.3. The molecule has 0 spiro atoms. The van der Waals surface area contributed by atoms with E-state index in [1.807, 2.05) is 31.2 Å². The van der Waals surface area contributed by atoms with Gasteiger partial charge in [-0.3, -0.25) is 27.9 Å². The molecular formula is C35H38N10O8. The number of H-pyrrole nitrogens is 1. The molecule has 5 aromatic heterocycles. The van der Waals surface area contributed by atoms with Gasteiger partial charge in [0.05, 0.1) is 25.2 Å². The number of para-hydroxylation sites is 1. The van der Waals surface area contributed by atoms with Crippen LogP contribution in [0.25, 0.3) is 33.2 Å². The molecule has 2 N–H and O–H groups in total. The highest BCUT2D eigenvalue weighted by Gasteiger charge is 2.31. The Morgan fingerprint density at radius 2 is 1.38 bits per heavy atom. The number of carbonyl (C=O) groups excluding carboxylic acids is 2. The zero-order chi connectivity index (χ0) is 38.3. The van der Waals surface area contributed by atoms with E-state index >= 15 is 0 Å². The van der Waals surface area contributed by atoms with Crippen LogP contribution in [0.2, 0.25) is 0 Å². The van der Waals surface area contributed by atoms with E-state index < -0.39 is 52.6 Å². The molecule has 6 aromatic rings. The molecular weight excluding hydrogens is 688 g/mol. The molecule has 0 saturated heterocycles. The van der Waals surface area contributed by atoms with Gasteiger partial charge in [-0.1, -0.05) is 32.0 Å². The minimum absolute atomic E-state index is 0.0273. The van der Waals surface area contributed by atoms with Crippen LogP contribution in [-0.2, 0) is 48.9 Å². The fourth-order valence-electron chi connectivity index (χ4n) is 6.49. The van der Waals surface area contributed by atoms with E-state index in [9.17, 15) is 28.8 Å². The zero-order valence-electron chi connectivity index (χ0n) is 30.2. The smallest absolute Gasteiger partial charge is 0.407 e. The van der Waals surface area contributed by atoms with E-state index in [0.29, 0.717) is 23.4 Å². The van der Waals surface area contributed by atoms with Crippen molar-refractivity contribution in [3.05, 3.63) is 101 Å². The number of amides is 1. The molecule has 0 bridgehead atoms. The molecule has 0 fully saturated rings. The molecule has 3 atom stereocenters.